The molecule has 3 N–H and O–H groups in total. The van der Waals surface area contributed by atoms with Crippen LogP contribution in [0.1, 0.15) is 51.6 Å². The molecule has 1 heterocycles. The topological polar surface area (TPSA) is 50.9 Å². The van der Waals surface area contributed by atoms with E-state index in [9.17, 15) is 0 Å². The first-order valence-corrected chi connectivity index (χ1v) is 7.97. The maximum Gasteiger partial charge on any atom is 0.180 e. The second-order valence-electron chi connectivity index (χ2n) is 5.27. The van der Waals surface area contributed by atoms with Crippen molar-refractivity contribution in [3.05, 3.63) is 11.1 Å². The summed E-state index contributed by atoms with van der Waals surface area (Å²) in [6.07, 6.45) is 7.76. The fraction of sp³-hybridized carbons (Fsp3) is 0.786. The molecule has 0 aliphatic heterocycles. The molecule has 0 aliphatic carbocycles. The minimum atomic E-state index is 0.676. The summed E-state index contributed by atoms with van der Waals surface area (Å²) >= 11 is 1.52. The molecule has 3 nitrogen and oxygen atoms in total. The van der Waals surface area contributed by atoms with Crippen LogP contribution in [0, 0.1) is 5.92 Å². The van der Waals surface area contributed by atoms with Gasteiger partial charge in [-0.2, -0.15) is 0 Å². The van der Waals surface area contributed by atoms with Gasteiger partial charge >= 0.3 is 0 Å². The first kappa shape index (κ1) is 15.4. The molecule has 18 heavy (non-hydrogen) atoms. The van der Waals surface area contributed by atoms with E-state index in [0.717, 1.165) is 31.1 Å². The molecule has 104 valence electrons. The molecule has 1 aromatic heterocycles. The van der Waals surface area contributed by atoms with Crippen LogP contribution in [0.5, 0.6) is 0 Å². The van der Waals surface area contributed by atoms with Crippen LogP contribution < -0.4 is 11.1 Å². The molecule has 0 saturated heterocycles. The number of aromatic nitrogens is 1. The molecule has 0 aromatic carbocycles. The molecule has 4 heteroatoms. The molecular formula is C14H27N3S. The lowest BCUT2D eigenvalue weighted by Gasteiger charge is -2.05. The number of unbranched alkanes of at least 4 members (excludes halogenated alkanes) is 3. The smallest absolute Gasteiger partial charge is 0.180 e. The van der Waals surface area contributed by atoms with E-state index in [1.54, 1.807) is 0 Å². The van der Waals surface area contributed by atoms with E-state index in [0.29, 0.717) is 5.13 Å². The Kier molecular flexibility index (Phi) is 8.01. The van der Waals surface area contributed by atoms with Gasteiger partial charge in [-0.05, 0) is 18.9 Å². The van der Waals surface area contributed by atoms with Gasteiger partial charge in [-0.15, -0.1) is 11.3 Å². The Labute approximate surface area is 115 Å². The summed E-state index contributed by atoms with van der Waals surface area (Å²) in [7, 11) is 0. The summed E-state index contributed by atoms with van der Waals surface area (Å²) in [5.41, 5.74) is 6.70. The zero-order valence-electron chi connectivity index (χ0n) is 11.7. The fourth-order valence-electron chi connectivity index (χ4n) is 1.94. The van der Waals surface area contributed by atoms with Gasteiger partial charge in [0.05, 0.1) is 5.69 Å². The summed E-state index contributed by atoms with van der Waals surface area (Å²) < 4.78 is 0. The van der Waals surface area contributed by atoms with Crippen molar-refractivity contribution < 1.29 is 0 Å². The first-order valence-electron chi connectivity index (χ1n) is 7.09. The highest BCUT2D eigenvalue weighted by atomic mass is 32.1. The average Bonchev–Trinajstić information content (AvgIpc) is 2.72. The number of anilines is 1. The fourth-order valence-corrected chi connectivity index (χ4v) is 2.53. The summed E-state index contributed by atoms with van der Waals surface area (Å²) in [5, 5.41) is 6.19. The number of nitrogen functional groups attached to an aromatic ring is 1. The lowest BCUT2D eigenvalue weighted by Crippen LogP contribution is -2.18. The third-order valence-electron chi connectivity index (χ3n) is 3.01. The average molecular weight is 269 g/mol. The van der Waals surface area contributed by atoms with Gasteiger partial charge in [0.25, 0.3) is 0 Å². The Morgan fingerprint density at radius 1 is 1.22 bits per heavy atom. The molecular weight excluding hydrogens is 242 g/mol. The van der Waals surface area contributed by atoms with Gasteiger partial charge in [-0.25, -0.2) is 4.98 Å². The van der Waals surface area contributed by atoms with Crippen molar-refractivity contribution in [1.29, 1.82) is 0 Å². The van der Waals surface area contributed by atoms with Gasteiger partial charge in [0.1, 0.15) is 0 Å². The second-order valence-corrected chi connectivity index (χ2v) is 6.16. The number of hydrogen-bond donors (Lipinski definition) is 2. The summed E-state index contributed by atoms with van der Waals surface area (Å²) in [6.45, 7) is 6.73. The zero-order chi connectivity index (χ0) is 13.2. The predicted molar refractivity (Wildman–Crippen MR) is 81.0 cm³/mol. The number of thiazole rings is 1. The maximum atomic E-state index is 5.59. The van der Waals surface area contributed by atoms with Gasteiger partial charge in [0.2, 0.25) is 0 Å². The standard InChI is InChI=1S/C14H27N3S/c1-12(2)7-5-3-4-6-9-16-10-8-13-11-18-14(15)17-13/h11-12,16H,3-10H2,1-2H3,(H2,15,17). The van der Waals surface area contributed by atoms with Crippen molar-refractivity contribution in [3.63, 3.8) is 0 Å². The second kappa shape index (κ2) is 9.34. The third kappa shape index (κ3) is 7.67. The van der Waals surface area contributed by atoms with Crippen molar-refractivity contribution in [2.24, 2.45) is 5.92 Å². The van der Waals surface area contributed by atoms with Gasteiger partial charge in [0, 0.05) is 18.3 Å². The van der Waals surface area contributed by atoms with Crippen molar-refractivity contribution in [2.75, 3.05) is 18.8 Å². The van der Waals surface area contributed by atoms with Crippen molar-refractivity contribution in [1.82, 2.24) is 10.3 Å². The number of nitrogens with zero attached hydrogens (tertiary/aromatic N) is 1. The summed E-state index contributed by atoms with van der Waals surface area (Å²) in [6, 6.07) is 0. The van der Waals surface area contributed by atoms with E-state index in [2.05, 4.69) is 24.1 Å². The van der Waals surface area contributed by atoms with Gasteiger partial charge in [-0.1, -0.05) is 39.5 Å². The molecule has 0 fully saturated rings. The van der Waals surface area contributed by atoms with Crippen LogP contribution in [0.4, 0.5) is 5.13 Å². The Bertz CT molecular complexity index is 310. The lowest BCUT2D eigenvalue weighted by atomic mass is 10.0. The first-order chi connectivity index (χ1) is 8.68. The lowest BCUT2D eigenvalue weighted by molar-refractivity contribution is 0.512. The molecule has 1 rings (SSSR count). The molecule has 1 aromatic rings. The minimum absolute atomic E-state index is 0.676. The van der Waals surface area contributed by atoms with E-state index >= 15 is 0 Å². The monoisotopic (exact) mass is 269 g/mol. The molecule has 0 radical (unpaired) electrons. The van der Waals surface area contributed by atoms with Gasteiger partial charge in [-0.3, -0.25) is 0 Å². The van der Waals surface area contributed by atoms with Crippen molar-refractivity contribution in [2.45, 2.75) is 52.4 Å². The number of rotatable bonds is 10. The molecule has 0 saturated carbocycles. The highest BCUT2D eigenvalue weighted by molar-refractivity contribution is 7.13. The van der Waals surface area contributed by atoms with Crippen molar-refractivity contribution in [3.8, 4) is 0 Å². The maximum absolute atomic E-state index is 5.59. The summed E-state index contributed by atoms with van der Waals surface area (Å²) in [4.78, 5) is 4.24. The normalized spacial score (nSPS) is 11.3. The Balaban J connectivity index is 1.84. The third-order valence-corrected chi connectivity index (χ3v) is 3.74. The SMILES string of the molecule is CC(C)CCCCCCNCCc1csc(N)n1. The molecule has 0 atom stereocenters. The molecule has 0 bridgehead atoms. The highest BCUT2D eigenvalue weighted by Gasteiger charge is 1.98. The summed E-state index contributed by atoms with van der Waals surface area (Å²) in [5.74, 6) is 0.855. The quantitative estimate of drug-likeness (QED) is 0.640. The molecule has 0 aliphatic rings. The van der Waals surface area contributed by atoms with Crippen LogP contribution in [0.3, 0.4) is 0 Å². The van der Waals surface area contributed by atoms with Crippen LogP contribution in [0.15, 0.2) is 5.38 Å². The number of nitrogens with two attached hydrogens (primary N) is 1. The minimum Gasteiger partial charge on any atom is -0.375 e. The van der Waals surface area contributed by atoms with Gasteiger partial charge < -0.3 is 11.1 Å². The number of nitrogens with one attached hydrogen (secondary N) is 1. The van der Waals surface area contributed by atoms with E-state index < -0.39 is 0 Å². The van der Waals surface area contributed by atoms with E-state index in [-0.39, 0.29) is 0 Å². The van der Waals surface area contributed by atoms with Crippen LogP contribution in [-0.4, -0.2) is 18.1 Å². The largest absolute Gasteiger partial charge is 0.375 e. The predicted octanol–water partition coefficient (Wildman–Crippen LogP) is 3.46. The van der Waals surface area contributed by atoms with Crippen molar-refractivity contribution >= 4 is 16.5 Å². The van der Waals surface area contributed by atoms with Gasteiger partial charge in [0.15, 0.2) is 5.13 Å². The Morgan fingerprint density at radius 3 is 2.67 bits per heavy atom. The van der Waals surface area contributed by atoms with Crippen LogP contribution in [0.2, 0.25) is 0 Å². The number of hydrogen-bond acceptors (Lipinski definition) is 4. The molecule has 0 spiro atoms. The van der Waals surface area contributed by atoms with Crippen LogP contribution in [0.25, 0.3) is 0 Å². The molecule has 0 unspecified atom stereocenters. The molecule has 0 amide bonds. The van der Waals surface area contributed by atoms with Crippen LogP contribution in [-0.2, 0) is 6.42 Å². The van der Waals surface area contributed by atoms with E-state index in [1.165, 1.54) is 43.4 Å². The van der Waals surface area contributed by atoms with Crippen LogP contribution >= 0.6 is 11.3 Å². The van der Waals surface area contributed by atoms with E-state index in [4.69, 9.17) is 5.73 Å². The zero-order valence-corrected chi connectivity index (χ0v) is 12.6. The van der Waals surface area contributed by atoms with E-state index in [1.807, 2.05) is 5.38 Å². The Morgan fingerprint density at radius 2 is 2.00 bits per heavy atom. The highest BCUT2D eigenvalue weighted by Crippen LogP contribution is 2.11. The Hall–Kier alpha value is -0.610.